The van der Waals surface area contributed by atoms with Crippen LogP contribution < -0.4 is 0 Å². The normalized spacial score (nSPS) is 11.2. The van der Waals surface area contributed by atoms with Crippen LogP contribution in [0.3, 0.4) is 0 Å². The number of fused-ring (bicyclic) bond motifs is 1. The first kappa shape index (κ1) is 16.9. The summed E-state index contributed by atoms with van der Waals surface area (Å²) in [6.07, 6.45) is 2.22. The fourth-order valence-electron chi connectivity index (χ4n) is 3.09. The van der Waals surface area contributed by atoms with Crippen LogP contribution in [0.1, 0.15) is 16.7 Å². The lowest BCUT2D eigenvalue weighted by Gasteiger charge is -2.05. The molecular weight excluding hydrogens is 341 g/mol. The van der Waals surface area contributed by atoms with Crippen molar-refractivity contribution in [3.05, 3.63) is 102 Å². The molecule has 1 aromatic heterocycles. The topological polar surface area (TPSA) is 4.93 Å². The fourth-order valence-corrected chi connectivity index (χ4v) is 4.14. The van der Waals surface area contributed by atoms with E-state index in [-0.39, 0.29) is 5.82 Å². The SMILES string of the molecule is Cc1ccc(CSc2cn(Cc3ccc(F)cc3)c3ccccc23)cc1. The van der Waals surface area contributed by atoms with Gasteiger partial charge >= 0.3 is 0 Å². The van der Waals surface area contributed by atoms with E-state index < -0.39 is 0 Å². The Bertz CT molecular complexity index is 1020. The second kappa shape index (κ2) is 7.38. The number of aryl methyl sites for hydroxylation is 1. The Labute approximate surface area is 157 Å². The average molecular weight is 361 g/mol. The Morgan fingerprint density at radius 1 is 0.846 bits per heavy atom. The largest absolute Gasteiger partial charge is 0.342 e. The van der Waals surface area contributed by atoms with Gasteiger partial charge in [0.1, 0.15) is 5.82 Å². The van der Waals surface area contributed by atoms with Gasteiger partial charge in [0, 0.05) is 34.3 Å². The zero-order valence-corrected chi connectivity index (χ0v) is 15.5. The van der Waals surface area contributed by atoms with Crippen LogP contribution in [-0.4, -0.2) is 4.57 Å². The molecule has 0 amide bonds. The molecule has 3 heteroatoms. The highest BCUT2D eigenvalue weighted by Crippen LogP contribution is 2.32. The number of aromatic nitrogens is 1. The van der Waals surface area contributed by atoms with Gasteiger partial charge in [0.25, 0.3) is 0 Å². The number of halogens is 1. The van der Waals surface area contributed by atoms with Crippen molar-refractivity contribution < 1.29 is 4.39 Å². The molecule has 0 unspecified atom stereocenters. The van der Waals surface area contributed by atoms with Crippen molar-refractivity contribution in [1.29, 1.82) is 0 Å². The van der Waals surface area contributed by atoms with Crippen LogP contribution in [-0.2, 0) is 12.3 Å². The van der Waals surface area contributed by atoms with Crippen LogP contribution in [0.2, 0.25) is 0 Å². The summed E-state index contributed by atoms with van der Waals surface area (Å²) in [7, 11) is 0. The zero-order chi connectivity index (χ0) is 17.9. The van der Waals surface area contributed by atoms with Crippen LogP contribution in [0.5, 0.6) is 0 Å². The number of hydrogen-bond donors (Lipinski definition) is 0. The van der Waals surface area contributed by atoms with Crippen molar-refractivity contribution in [2.24, 2.45) is 0 Å². The highest BCUT2D eigenvalue weighted by molar-refractivity contribution is 7.98. The van der Waals surface area contributed by atoms with E-state index in [1.807, 2.05) is 23.9 Å². The predicted molar refractivity (Wildman–Crippen MR) is 108 cm³/mol. The highest BCUT2D eigenvalue weighted by Gasteiger charge is 2.09. The number of hydrogen-bond acceptors (Lipinski definition) is 1. The smallest absolute Gasteiger partial charge is 0.123 e. The number of para-hydroxylation sites is 1. The van der Waals surface area contributed by atoms with Crippen LogP contribution in [0.15, 0.2) is 83.9 Å². The van der Waals surface area contributed by atoms with Crippen molar-refractivity contribution in [3.63, 3.8) is 0 Å². The van der Waals surface area contributed by atoms with E-state index in [1.165, 1.54) is 39.1 Å². The average Bonchev–Trinajstić information content (AvgIpc) is 3.01. The molecule has 130 valence electrons. The van der Waals surface area contributed by atoms with Crippen LogP contribution in [0.25, 0.3) is 10.9 Å². The summed E-state index contributed by atoms with van der Waals surface area (Å²) in [4.78, 5) is 1.28. The molecule has 0 atom stereocenters. The van der Waals surface area contributed by atoms with Crippen LogP contribution >= 0.6 is 11.8 Å². The molecule has 0 spiro atoms. The minimum Gasteiger partial charge on any atom is -0.342 e. The Morgan fingerprint density at radius 3 is 2.31 bits per heavy atom. The quantitative estimate of drug-likeness (QED) is 0.371. The number of nitrogens with zero attached hydrogens (tertiary/aromatic N) is 1. The Hall–Kier alpha value is -2.52. The first-order valence-electron chi connectivity index (χ1n) is 8.70. The molecule has 0 N–H and O–H groups in total. The third-order valence-corrected chi connectivity index (χ3v) is 5.65. The summed E-state index contributed by atoms with van der Waals surface area (Å²) in [6.45, 7) is 2.85. The van der Waals surface area contributed by atoms with Gasteiger partial charge in [0.05, 0.1) is 0 Å². The molecule has 0 fully saturated rings. The van der Waals surface area contributed by atoms with Crippen LogP contribution in [0, 0.1) is 12.7 Å². The third-order valence-electron chi connectivity index (χ3n) is 4.53. The van der Waals surface area contributed by atoms with Gasteiger partial charge in [-0.15, -0.1) is 11.8 Å². The maximum atomic E-state index is 13.2. The highest BCUT2D eigenvalue weighted by atomic mass is 32.2. The van der Waals surface area contributed by atoms with Crippen molar-refractivity contribution in [1.82, 2.24) is 4.57 Å². The minimum absolute atomic E-state index is 0.194. The van der Waals surface area contributed by atoms with Gasteiger partial charge in [-0.1, -0.05) is 60.2 Å². The molecule has 0 radical (unpaired) electrons. The molecule has 4 rings (SSSR count). The first-order valence-corrected chi connectivity index (χ1v) is 9.68. The summed E-state index contributed by atoms with van der Waals surface area (Å²) in [5, 5.41) is 1.27. The van der Waals surface area contributed by atoms with E-state index >= 15 is 0 Å². The van der Waals surface area contributed by atoms with E-state index in [1.54, 1.807) is 0 Å². The summed E-state index contributed by atoms with van der Waals surface area (Å²) >= 11 is 1.86. The monoisotopic (exact) mass is 361 g/mol. The molecule has 0 saturated carbocycles. The Kier molecular flexibility index (Phi) is 4.81. The molecular formula is C23H20FNS. The molecule has 26 heavy (non-hydrogen) atoms. The molecule has 0 aliphatic rings. The molecule has 0 aliphatic carbocycles. The summed E-state index contributed by atoms with van der Waals surface area (Å²) < 4.78 is 15.4. The van der Waals surface area contributed by atoms with Crippen molar-refractivity contribution in [2.45, 2.75) is 24.1 Å². The third kappa shape index (κ3) is 3.68. The fraction of sp³-hybridized carbons (Fsp3) is 0.130. The van der Waals surface area contributed by atoms with Gasteiger partial charge in [0.15, 0.2) is 0 Å². The molecule has 0 saturated heterocycles. The van der Waals surface area contributed by atoms with Crippen molar-refractivity contribution >= 4 is 22.7 Å². The zero-order valence-electron chi connectivity index (χ0n) is 14.7. The molecule has 3 aromatic carbocycles. The molecule has 1 nitrogen and oxygen atoms in total. The number of benzene rings is 3. The Balaban J connectivity index is 1.60. The van der Waals surface area contributed by atoms with Crippen LogP contribution in [0.4, 0.5) is 4.39 Å². The predicted octanol–water partition coefficient (Wildman–Crippen LogP) is 6.43. The number of thioether (sulfide) groups is 1. The molecule has 4 aromatic rings. The molecule has 0 bridgehead atoms. The lowest BCUT2D eigenvalue weighted by atomic mass is 10.2. The second-order valence-electron chi connectivity index (χ2n) is 6.54. The van der Waals surface area contributed by atoms with E-state index in [9.17, 15) is 4.39 Å². The maximum Gasteiger partial charge on any atom is 0.123 e. The summed E-state index contributed by atoms with van der Waals surface area (Å²) in [6, 6.07) is 23.9. The minimum atomic E-state index is -0.194. The van der Waals surface area contributed by atoms with E-state index in [0.29, 0.717) is 0 Å². The van der Waals surface area contributed by atoms with Crippen molar-refractivity contribution in [3.8, 4) is 0 Å². The maximum absolute atomic E-state index is 13.2. The lowest BCUT2D eigenvalue weighted by Crippen LogP contribution is -1.97. The van der Waals surface area contributed by atoms with E-state index in [4.69, 9.17) is 0 Å². The van der Waals surface area contributed by atoms with E-state index in [0.717, 1.165) is 17.9 Å². The standard InChI is InChI=1S/C23H20FNS/c1-17-6-8-19(9-7-17)16-26-23-15-25(22-5-3-2-4-21(22)23)14-18-10-12-20(24)13-11-18/h2-13,15H,14,16H2,1H3. The van der Waals surface area contributed by atoms with E-state index in [2.05, 4.69) is 66.2 Å². The van der Waals surface area contributed by atoms with Gasteiger partial charge in [-0.2, -0.15) is 0 Å². The first-order chi connectivity index (χ1) is 12.7. The van der Waals surface area contributed by atoms with Crippen molar-refractivity contribution in [2.75, 3.05) is 0 Å². The molecule has 0 aliphatic heterocycles. The number of rotatable bonds is 5. The lowest BCUT2D eigenvalue weighted by molar-refractivity contribution is 0.626. The van der Waals surface area contributed by atoms with Gasteiger partial charge in [-0.25, -0.2) is 4.39 Å². The summed E-state index contributed by atoms with van der Waals surface area (Å²) in [5.74, 6) is 0.755. The molecule has 1 heterocycles. The Morgan fingerprint density at radius 2 is 1.54 bits per heavy atom. The van der Waals surface area contributed by atoms with Gasteiger partial charge in [-0.05, 0) is 36.2 Å². The van der Waals surface area contributed by atoms with Gasteiger partial charge in [-0.3, -0.25) is 0 Å². The van der Waals surface area contributed by atoms with Gasteiger partial charge < -0.3 is 4.57 Å². The summed E-state index contributed by atoms with van der Waals surface area (Å²) in [5.41, 5.74) is 4.93. The second-order valence-corrected chi connectivity index (χ2v) is 7.56. The van der Waals surface area contributed by atoms with Gasteiger partial charge in [0.2, 0.25) is 0 Å².